The number of hydrogen-bond acceptors (Lipinski definition) is 2. The van der Waals surface area contributed by atoms with E-state index in [1.807, 2.05) is 13.1 Å². The van der Waals surface area contributed by atoms with Crippen molar-refractivity contribution < 1.29 is 0 Å². The van der Waals surface area contributed by atoms with Crippen molar-refractivity contribution in [1.82, 2.24) is 5.32 Å². The van der Waals surface area contributed by atoms with Gasteiger partial charge in [0.1, 0.15) is 0 Å². The molecule has 1 aliphatic rings. The number of thiophene rings is 1. The minimum Gasteiger partial charge on any atom is -0.319 e. The lowest BCUT2D eigenvalue weighted by atomic mass is 10.0. The SMILES string of the molecule is CNCC(c1ccc(Cl)s1)C1CC1. The molecule has 1 saturated carbocycles. The van der Waals surface area contributed by atoms with Gasteiger partial charge < -0.3 is 5.32 Å². The number of rotatable bonds is 4. The summed E-state index contributed by atoms with van der Waals surface area (Å²) < 4.78 is 0.914. The number of nitrogens with one attached hydrogen (secondary N) is 1. The maximum Gasteiger partial charge on any atom is 0.0931 e. The zero-order chi connectivity index (χ0) is 9.26. The molecule has 1 aliphatic carbocycles. The summed E-state index contributed by atoms with van der Waals surface area (Å²) in [5.41, 5.74) is 0. The Bertz CT molecular complexity index is 280. The Morgan fingerprint density at radius 1 is 1.62 bits per heavy atom. The molecule has 72 valence electrons. The molecule has 1 fully saturated rings. The monoisotopic (exact) mass is 215 g/mol. The Morgan fingerprint density at radius 2 is 2.38 bits per heavy atom. The third-order valence-corrected chi connectivity index (χ3v) is 3.94. The average molecular weight is 216 g/mol. The summed E-state index contributed by atoms with van der Waals surface area (Å²) in [6.07, 6.45) is 2.78. The summed E-state index contributed by atoms with van der Waals surface area (Å²) in [5, 5.41) is 3.26. The smallest absolute Gasteiger partial charge is 0.0931 e. The minimum atomic E-state index is 0.697. The molecule has 1 nitrogen and oxygen atoms in total. The van der Waals surface area contributed by atoms with E-state index in [0.29, 0.717) is 5.92 Å². The summed E-state index contributed by atoms with van der Waals surface area (Å²) in [6, 6.07) is 4.18. The van der Waals surface area contributed by atoms with Crippen molar-refractivity contribution in [2.75, 3.05) is 13.6 Å². The van der Waals surface area contributed by atoms with E-state index >= 15 is 0 Å². The molecule has 1 N–H and O–H groups in total. The molecule has 0 spiro atoms. The van der Waals surface area contributed by atoms with E-state index < -0.39 is 0 Å². The van der Waals surface area contributed by atoms with Crippen LogP contribution in [0.25, 0.3) is 0 Å². The van der Waals surface area contributed by atoms with Crippen molar-refractivity contribution in [1.29, 1.82) is 0 Å². The minimum absolute atomic E-state index is 0.697. The number of hydrogen-bond donors (Lipinski definition) is 1. The molecule has 1 unspecified atom stereocenters. The summed E-state index contributed by atoms with van der Waals surface area (Å²) in [5.74, 6) is 1.60. The highest BCUT2D eigenvalue weighted by Gasteiger charge is 2.32. The second kappa shape index (κ2) is 3.99. The van der Waals surface area contributed by atoms with E-state index in [1.54, 1.807) is 11.3 Å². The van der Waals surface area contributed by atoms with Gasteiger partial charge in [-0.05, 0) is 37.9 Å². The second-order valence-corrected chi connectivity index (χ2v) is 5.39. The van der Waals surface area contributed by atoms with E-state index in [-0.39, 0.29) is 0 Å². The zero-order valence-electron chi connectivity index (χ0n) is 7.72. The highest BCUT2D eigenvalue weighted by molar-refractivity contribution is 7.16. The highest BCUT2D eigenvalue weighted by atomic mass is 35.5. The van der Waals surface area contributed by atoms with Crippen LogP contribution in [0.2, 0.25) is 4.34 Å². The van der Waals surface area contributed by atoms with Crippen LogP contribution in [0.5, 0.6) is 0 Å². The molecule has 0 amide bonds. The van der Waals surface area contributed by atoms with E-state index in [0.717, 1.165) is 16.8 Å². The van der Waals surface area contributed by atoms with Crippen LogP contribution in [0.15, 0.2) is 12.1 Å². The van der Waals surface area contributed by atoms with Crippen LogP contribution >= 0.6 is 22.9 Å². The first-order valence-corrected chi connectivity index (χ1v) is 5.90. The van der Waals surface area contributed by atoms with Crippen molar-refractivity contribution in [3.05, 3.63) is 21.3 Å². The lowest BCUT2D eigenvalue weighted by Crippen LogP contribution is -2.17. The fraction of sp³-hybridized carbons (Fsp3) is 0.600. The third-order valence-electron chi connectivity index (χ3n) is 2.57. The van der Waals surface area contributed by atoms with Crippen molar-refractivity contribution in [2.45, 2.75) is 18.8 Å². The van der Waals surface area contributed by atoms with Gasteiger partial charge in [0, 0.05) is 17.3 Å². The van der Waals surface area contributed by atoms with E-state index in [2.05, 4.69) is 11.4 Å². The highest BCUT2D eigenvalue weighted by Crippen LogP contribution is 2.44. The Kier molecular flexibility index (Phi) is 2.92. The molecule has 0 aromatic carbocycles. The van der Waals surface area contributed by atoms with Crippen LogP contribution in [-0.4, -0.2) is 13.6 Å². The average Bonchev–Trinajstić information content (AvgIpc) is 2.85. The topological polar surface area (TPSA) is 12.0 Å². The lowest BCUT2D eigenvalue weighted by molar-refractivity contribution is 0.575. The van der Waals surface area contributed by atoms with Crippen molar-refractivity contribution in [3.63, 3.8) is 0 Å². The maximum atomic E-state index is 5.93. The Labute approximate surface area is 88.1 Å². The summed E-state index contributed by atoms with van der Waals surface area (Å²) >= 11 is 7.66. The zero-order valence-corrected chi connectivity index (χ0v) is 9.29. The van der Waals surface area contributed by atoms with Gasteiger partial charge in [0.25, 0.3) is 0 Å². The molecular formula is C10H14ClNS. The number of likely N-dealkylation sites (N-methyl/N-ethyl adjacent to an activating group) is 1. The first kappa shape index (κ1) is 9.50. The van der Waals surface area contributed by atoms with Crippen LogP contribution < -0.4 is 5.32 Å². The molecule has 0 bridgehead atoms. The van der Waals surface area contributed by atoms with Gasteiger partial charge in [0.15, 0.2) is 0 Å². The summed E-state index contributed by atoms with van der Waals surface area (Å²) in [4.78, 5) is 1.45. The largest absolute Gasteiger partial charge is 0.319 e. The first-order valence-electron chi connectivity index (χ1n) is 4.71. The predicted octanol–water partition coefficient (Wildman–Crippen LogP) is 3.11. The van der Waals surface area contributed by atoms with Crippen LogP contribution in [0.1, 0.15) is 23.6 Å². The summed E-state index contributed by atoms with van der Waals surface area (Å²) in [6.45, 7) is 1.08. The molecule has 3 heteroatoms. The molecule has 1 atom stereocenters. The van der Waals surface area contributed by atoms with Crippen LogP contribution in [-0.2, 0) is 0 Å². The Hall–Kier alpha value is -0.0500. The van der Waals surface area contributed by atoms with E-state index in [1.165, 1.54) is 17.7 Å². The molecule has 2 rings (SSSR count). The van der Waals surface area contributed by atoms with Crippen LogP contribution in [0.4, 0.5) is 0 Å². The fourth-order valence-electron chi connectivity index (χ4n) is 1.75. The molecular weight excluding hydrogens is 202 g/mol. The number of halogens is 1. The Morgan fingerprint density at radius 3 is 2.85 bits per heavy atom. The normalized spacial score (nSPS) is 18.9. The lowest BCUT2D eigenvalue weighted by Gasteiger charge is -2.13. The van der Waals surface area contributed by atoms with Gasteiger partial charge >= 0.3 is 0 Å². The first-order chi connectivity index (χ1) is 6.31. The Balaban J connectivity index is 2.10. The fourth-order valence-corrected chi connectivity index (χ4v) is 3.00. The second-order valence-electron chi connectivity index (χ2n) is 3.64. The van der Waals surface area contributed by atoms with Crippen molar-refractivity contribution in [2.24, 2.45) is 5.92 Å². The van der Waals surface area contributed by atoms with Crippen LogP contribution in [0.3, 0.4) is 0 Å². The molecule has 13 heavy (non-hydrogen) atoms. The van der Waals surface area contributed by atoms with E-state index in [9.17, 15) is 0 Å². The molecule has 0 aliphatic heterocycles. The third kappa shape index (κ3) is 2.25. The van der Waals surface area contributed by atoms with Gasteiger partial charge in [-0.1, -0.05) is 11.6 Å². The van der Waals surface area contributed by atoms with Gasteiger partial charge in [-0.15, -0.1) is 11.3 Å². The molecule has 0 radical (unpaired) electrons. The maximum absolute atomic E-state index is 5.93. The van der Waals surface area contributed by atoms with Gasteiger partial charge in [0.2, 0.25) is 0 Å². The van der Waals surface area contributed by atoms with Crippen molar-refractivity contribution >= 4 is 22.9 Å². The van der Waals surface area contributed by atoms with Crippen molar-refractivity contribution in [3.8, 4) is 0 Å². The van der Waals surface area contributed by atoms with Gasteiger partial charge in [-0.3, -0.25) is 0 Å². The molecule has 1 aromatic rings. The molecule has 1 aromatic heterocycles. The van der Waals surface area contributed by atoms with Gasteiger partial charge in [-0.25, -0.2) is 0 Å². The van der Waals surface area contributed by atoms with Crippen LogP contribution in [0, 0.1) is 5.92 Å². The quantitative estimate of drug-likeness (QED) is 0.814. The predicted molar refractivity (Wildman–Crippen MR) is 58.7 cm³/mol. The molecule has 0 saturated heterocycles. The van der Waals surface area contributed by atoms with Gasteiger partial charge in [0.05, 0.1) is 4.34 Å². The summed E-state index contributed by atoms with van der Waals surface area (Å²) in [7, 11) is 2.02. The van der Waals surface area contributed by atoms with Gasteiger partial charge in [-0.2, -0.15) is 0 Å². The van der Waals surface area contributed by atoms with E-state index in [4.69, 9.17) is 11.6 Å². The standard InChI is InChI=1S/C10H14ClNS/c1-12-6-8(7-2-3-7)9-4-5-10(11)13-9/h4-5,7-8,12H,2-3,6H2,1H3. The molecule has 1 heterocycles.